The molecule has 1 saturated heterocycles. The standard InChI is InChI=1S/C8H15NO2/c10-6-8(11)7-3-1-2-4-9-5-7/h7,9-10H,1-6H2. The Hall–Kier alpha value is -0.410. The molecular formula is C8H15NO2. The summed E-state index contributed by atoms with van der Waals surface area (Å²) in [4.78, 5) is 11.0. The number of nitrogens with one attached hydrogen (secondary N) is 1. The van der Waals surface area contributed by atoms with Crippen molar-refractivity contribution in [2.45, 2.75) is 19.3 Å². The summed E-state index contributed by atoms with van der Waals surface area (Å²) >= 11 is 0. The second-order valence-corrected chi connectivity index (χ2v) is 3.02. The highest BCUT2D eigenvalue weighted by molar-refractivity contribution is 5.82. The summed E-state index contributed by atoms with van der Waals surface area (Å²) in [6.45, 7) is 1.46. The molecule has 1 aliphatic heterocycles. The van der Waals surface area contributed by atoms with Crippen LogP contribution in [-0.2, 0) is 4.79 Å². The Balaban J connectivity index is 2.36. The molecule has 1 atom stereocenters. The summed E-state index contributed by atoms with van der Waals surface area (Å²) in [5.74, 6) is 0.0434. The predicted octanol–water partition coefficient (Wildman–Crippen LogP) is -0.0625. The fourth-order valence-electron chi connectivity index (χ4n) is 1.42. The highest BCUT2D eigenvalue weighted by atomic mass is 16.3. The third-order valence-corrected chi connectivity index (χ3v) is 2.16. The Morgan fingerprint density at radius 3 is 3.09 bits per heavy atom. The Labute approximate surface area is 66.8 Å². The number of aliphatic hydroxyl groups is 1. The van der Waals surface area contributed by atoms with Crippen LogP contribution in [0.5, 0.6) is 0 Å². The van der Waals surface area contributed by atoms with Gasteiger partial charge in [0.05, 0.1) is 0 Å². The molecule has 64 valence electrons. The van der Waals surface area contributed by atoms with Gasteiger partial charge in [0.25, 0.3) is 0 Å². The zero-order chi connectivity index (χ0) is 8.10. The fraction of sp³-hybridized carbons (Fsp3) is 0.875. The van der Waals surface area contributed by atoms with Crippen LogP contribution in [0.25, 0.3) is 0 Å². The Kier molecular flexibility index (Phi) is 3.52. The number of carbonyl (C=O) groups is 1. The first-order chi connectivity index (χ1) is 5.34. The van der Waals surface area contributed by atoms with Crippen molar-refractivity contribution in [3.8, 4) is 0 Å². The monoisotopic (exact) mass is 157 g/mol. The maximum Gasteiger partial charge on any atom is 0.162 e. The van der Waals surface area contributed by atoms with E-state index in [0.717, 1.165) is 32.4 Å². The number of aliphatic hydroxyl groups excluding tert-OH is 1. The molecule has 0 amide bonds. The smallest absolute Gasteiger partial charge is 0.162 e. The normalized spacial score (nSPS) is 26.1. The molecule has 11 heavy (non-hydrogen) atoms. The molecule has 0 aromatic heterocycles. The first-order valence-electron chi connectivity index (χ1n) is 4.19. The molecule has 0 aromatic rings. The lowest BCUT2D eigenvalue weighted by atomic mass is 9.99. The quantitative estimate of drug-likeness (QED) is 0.590. The molecule has 0 aliphatic carbocycles. The fourth-order valence-corrected chi connectivity index (χ4v) is 1.42. The summed E-state index contributed by atoms with van der Waals surface area (Å²) in [5, 5.41) is 11.8. The van der Waals surface area contributed by atoms with Crippen molar-refractivity contribution >= 4 is 5.78 Å². The number of ketones is 1. The summed E-state index contributed by atoms with van der Waals surface area (Å²) in [5.41, 5.74) is 0. The average Bonchev–Trinajstić information content (AvgIpc) is 2.30. The Morgan fingerprint density at radius 1 is 1.55 bits per heavy atom. The topological polar surface area (TPSA) is 49.3 Å². The lowest BCUT2D eigenvalue weighted by molar-refractivity contribution is -0.125. The Morgan fingerprint density at radius 2 is 2.36 bits per heavy atom. The van der Waals surface area contributed by atoms with E-state index in [4.69, 9.17) is 5.11 Å². The molecule has 0 saturated carbocycles. The lowest BCUT2D eigenvalue weighted by Crippen LogP contribution is -2.28. The van der Waals surface area contributed by atoms with Crippen LogP contribution >= 0.6 is 0 Å². The van der Waals surface area contributed by atoms with E-state index in [0.29, 0.717) is 0 Å². The van der Waals surface area contributed by atoms with Gasteiger partial charge in [-0.25, -0.2) is 0 Å². The number of hydrogen-bond donors (Lipinski definition) is 2. The van der Waals surface area contributed by atoms with E-state index < -0.39 is 0 Å². The average molecular weight is 157 g/mol. The SMILES string of the molecule is O=C(CO)C1CCCCNC1. The molecule has 1 heterocycles. The highest BCUT2D eigenvalue weighted by Crippen LogP contribution is 2.11. The van der Waals surface area contributed by atoms with E-state index in [1.807, 2.05) is 0 Å². The van der Waals surface area contributed by atoms with Crippen LogP contribution < -0.4 is 5.32 Å². The van der Waals surface area contributed by atoms with Gasteiger partial charge in [0, 0.05) is 12.5 Å². The van der Waals surface area contributed by atoms with Gasteiger partial charge in [0.2, 0.25) is 0 Å². The number of Topliss-reactive ketones (excluding diaryl/α,β-unsaturated/α-hetero) is 1. The molecule has 0 radical (unpaired) electrons. The number of rotatable bonds is 2. The van der Waals surface area contributed by atoms with Crippen LogP contribution in [0.1, 0.15) is 19.3 Å². The zero-order valence-corrected chi connectivity index (χ0v) is 6.68. The van der Waals surface area contributed by atoms with Gasteiger partial charge in [0.1, 0.15) is 6.61 Å². The molecule has 0 bridgehead atoms. The summed E-state index contributed by atoms with van der Waals surface area (Å²) in [7, 11) is 0. The van der Waals surface area contributed by atoms with E-state index in [-0.39, 0.29) is 18.3 Å². The molecule has 1 fully saturated rings. The van der Waals surface area contributed by atoms with Gasteiger partial charge in [-0.2, -0.15) is 0 Å². The first kappa shape index (κ1) is 8.68. The van der Waals surface area contributed by atoms with E-state index >= 15 is 0 Å². The van der Waals surface area contributed by atoms with Crippen LogP contribution in [0, 0.1) is 5.92 Å². The molecular weight excluding hydrogens is 142 g/mol. The predicted molar refractivity (Wildman–Crippen MR) is 42.3 cm³/mol. The van der Waals surface area contributed by atoms with Gasteiger partial charge in [0.15, 0.2) is 5.78 Å². The second kappa shape index (κ2) is 4.46. The van der Waals surface area contributed by atoms with Crippen molar-refractivity contribution in [2.24, 2.45) is 5.92 Å². The maximum atomic E-state index is 11.0. The van der Waals surface area contributed by atoms with Gasteiger partial charge in [-0.1, -0.05) is 6.42 Å². The van der Waals surface area contributed by atoms with Gasteiger partial charge in [-0.15, -0.1) is 0 Å². The van der Waals surface area contributed by atoms with Crippen LogP contribution in [-0.4, -0.2) is 30.6 Å². The largest absolute Gasteiger partial charge is 0.389 e. The summed E-state index contributed by atoms with van der Waals surface area (Å²) in [6.07, 6.45) is 3.19. The molecule has 1 rings (SSSR count). The Bertz CT molecular complexity index is 128. The van der Waals surface area contributed by atoms with Crippen molar-refractivity contribution in [1.82, 2.24) is 5.32 Å². The van der Waals surface area contributed by atoms with Gasteiger partial charge in [-0.05, 0) is 19.4 Å². The van der Waals surface area contributed by atoms with Crippen LogP contribution in [0.15, 0.2) is 0 Å². The van der Waals surface area contributed by atoms with Crippen LogP contribution in [0.4, 0.5) is 0 Å². The first-order valence-corrected chi connectivity index (χ1v) is 4.19. The minimum atomic E-state index is -0.299. The maximum absolute atomic E-state index is 11.0. The molecule has 0 spiro atoms. The van der Waals surface area contributed by atoms with Crippen molar-refractivity contribution in [3.05, 3.63) is 0 Å². The van der Waals surface area contributed by atoms with E-state index in [1.54, 1.807) is 0 Å². The van der Waals surface area contributed by atoms with E-state index in [9.17, 15) is 4.79 Å². The lowest BCUT2D eigenvalue weighted by Gasteiger charge is -2.09. The highest BCUT2D eigenvalue weighted by Gasteiger charge is 2.18. The number of carbonyl (C=O) groups excluding carboxylic acids is 1. The molecule has 0 aromatic carbocycles. The third-order valence-electron chi connectivity index (χ3n) is 2.16. The van der Waals surface area contributed by atoms with Gasteiger partial charge < -0.3 is 10.4 Å². The van der Waals surface area contributed by atoms with Gasteiger partial charge in [-0.3, -0.25) is 4.79 Å². The summed E-state index contributed by atoms with van der Waals surface area (Å²) < 4.78 is 0. The van der Waals surface area contributed by atoms with Gasteiger partial charge >= 0.3 is 0 Å². The van der Waals surface area contributed by atoms with Crippen molar-refractivity contribution < 1.29 is 9.90 Å². The summed E-state index contributed by atoms with van der Waals surface area (Å²) in [6, 6.07) is 0. The molecule has 2 N–H and O–H groups in total. The molecule has 3 heteroatoms. The molecule has 1 unspecified atom stereocenters. The number of hydrogen-bond acceptors (Lipinski definition) is 3. The van der Waals surface area contributed by atoms with Crippen molar-refractivity contribution in [1.29, 1.82) is 0 Å². The van der Waals surface area contributed by atoms with Crippen LogP contribution in [0.3, 0.4) is 0 Å². The van der Waals surface area contributed by atoms with E-state index in [1.165, 1.54) is 0 Å². The van der Waals surface area contributed by atoms with Crippen LogP contribution in [0.2, 0.25) is 0 Å². The zero-order valence-electron chi connectivity index (χ0n) is 6.68. The minimum Gasteiger partial charge on any atom is -0.389 e. The second-order valence-electron chi connectivity index (χ2n) is 3.02. The van der Waals surface area contributed by atoms with E-state index in [2.05, 4.69) is 5.32 Å². The third kappa shape index (κ3) is 2.60. The minimum absolute atomic E-state index is 0.0144. The molecule has 1 aliphatic rings. The van der Waals surface area contributed by atoms with Crippen molar-refractivity contribution in [2.75, 3.05) is 19.7 Å². The van der Waals surface area contributed by atoms with Crippen molar-refractivity contribution in [3.63, 3.8) is 0 Å². The molecule has 3 nitrogen and oxygen atoms in total.